The molecule has 0 heterocycles. The van der Waals surface area contributed by atoms with Crippen molar-refractivity contribution in [2.24, 2.45) is 5.92 Å². The highest BCUT2D eigenvalue weighted by molar-refractivity contribution is 5.71. The van der Waals surface area contributed by atoms with Crippen LogP contribution in [0.1, 0.15) is 36.5 Å². The highest BCUT2D eigenvalue weighted by Gasteiger charge is 2.21. The van der Waals surface area contributed by atoms with Crippen LogP contribution in [0.2, 0.25) is 0 Å². The number of carboxylic acid groups (broad SMARTS) is 1. The Morgan fingerprint density at radius 2 is 1.87 bits per heavy atom. The first-order valence-corrected chi connectivity index (χ1v) is 5.23. The molecular formula is C13H18O2. The lowest BCUT2D eigenvalue weighted by Crippen LogP contribution is -2.17. The summed E-state index contributed by atoms with van der Waals surface area (Å²) in [6, 6.07) is 6.17. The quantitative estimate of drug-likeness (QED) is 0.825. The van der Waals surface area contributed by atoms with Crippen LogP contribution in [0.4, 0.5) is 0 Å². The van der Waals surface area contributed by atoms with E-state index in [1.54, 1.807) is 6.92 Å². The highest BCUT2D eigenvalue weighted by atomic mass is 16.4. The molecule has 2 atom stereocenters. The molecule has 0 aromatic heterocycles. The average molecular weight is 206 g/mol. The van der Waals surface area contributed by atoms with Crippen molar-refractivity contribution in [3.8, 4) is 0 Å². The van der Waals surface area contributed by atoms with Crippen molar-refractivity contribution in [2.75, 3.05) is 0 Å². The molecular weight excluding hydrogens is 188 g/mol. The molecule has 0 aliphatic rings. The summed E-state index contributed by atoms with van der Waals surface area (Å²) in [5.74, 6) is -1.02. The first-order chi connectivity index (χ1) is 6.93. The maximum atomic E-state index is 10.9. The fourth-order valence-corrected chi connectivity index (χ4v) is 1.82. The molecule has 0 spiro atoms. The summed E-state index contributed by atoms with van der Waals surface area (Å²) in [5.41, 5.74) is 3.53. The van der Waals surface area contributed by atoms with Gasteiger partial charge >= 0.3 is 5.97 Å². The molecule has 0 fully saturated rings. The molecule has 15 heavy (non-hydrogen) atoms. The average Bonchev–Trinajstić information content (AvgIpc) is 2.15. The largest absolute Gasteiger partial charge is 0.481 e. The Kier molecular flexibility index (Phi) is 3.51. The van der Waals surface area contributed by atoms with E-state index < -0.39 is 5.97 Å². The van der Waals surface area contributed by atoms with E-state index in [4.69, 9.17) is 5.11 Å². The Bertz CT molecular complexity index is 369. The zero-order valence-corrected chi connectivity index (χ0v) is 9.74. The Balaban J connectivity index is 3.01. The minimum atomic E-state index is -0.734. The fraction of sp³-hybridized carbons (Fsp3) is 0.462. The van der Waals surface area contributed by atoms with Crippen LogP contribution in [0.15, 0.2) is 18.2 Å². The maximum absolute atomic E-state index is 10.9. The van der Waals surface area contributed by atoms with Crippen LogP contribution in [0.25, 0.3) is 0 Å². The zero-order chi connectivity index (χ0) is 11.6. The van der Waals surface area contributed by atoms with Crippen molar-refractivity contribution >= 4 is 5.97 Å². The monoisotopic (exact) mass is 206 g/mol. The highest BCUT2D eigenvalue weighted by Crippen LogP contribution is 2.27. The second kappa shape index (κ2) is 4.47. The van der Waals surface area contributed by atoms with Crippen LogP contribution in [-0.2, 0) is 4.79 Å². The van der Waals surface area contributed by atoms with Crippen molar-refractivity contribution in [2.45, 2.75) is 33.6 Å². The van der Waals surface area contributed by atoms with Crippen LogP contribution in [0, 0.1) is 19.8 Å². The number of aryl methyl sites for hydroxylation is 2. The molecule has 1 aromatic carbocycles. The third kappa shape index (κ3) is 2.58. The molecule has 0 saturated heterocycles. The van der Waals surface area contributed by atoms with E-state index in [2.05, 4.69) is 6.07 Å². The predicted molar refractivity (Wildman–Crippen MR) is 61.1 cm³/mol. The summed E-state index contributed by atoms with van der Waals surface area (Å²) < 4.78 is 0. The lowest BCUT2D eigenvalue weighted by Gasteiger charge is -2.18. The van der Waals surface area contributed by atoms with Gasteiger partial charge in [0.15, 0.2) is 0 Å². The van der Waals surface area contributed by atoms with E-state index in [0.717, 1.165) is 5.56 Å². The molecule has 0 saturated carbocycles. The number of benzene rings is 1. The van der Waals surface area contributed by atoms with Crippen LogP contribution in [0.5, 0.6) is 0 Å². The Morgan fingerprint density at radius 1 is 1.27 bits per heavy atom. The Morgan fingerprint density at radius 3 is 2.33 bits per heavy atom. The SMILES string of the molecule is Cc1ccc(C(C)C(C)C(=O)O)c(C)c1. The summed E-state index contributed by atoms with van der Waals surface area (Å²) in [6.45, 7) is 7.80. The summed E-state index contributed by atoms with van der Waals surface area (Å²) in [5, 5.41) is 8.96. The zero-order valence-electron chi connectivity index (χ0n) is 9.74. The number of hydrogen-bond acceptors (Lipinski definition) is 1. The number of rotatable bonds is 3. The van der Waals surface area contributed by atoms with Gasteiger partial charge in [0.2, 0.25) is 0 Å². The van der Waals surface area contributed by atoms with Crippen LogP contribution in [0.3, 0.4) is 0 Å². The first kappa shape index (κ1) is 11.8. The fourth-order valence-electron chi connectivity index (χ4n) is 1.82. The predicted octanol–water partition coefficient (Wildman–Crippen LogP) is 3.13. The third-order valence-corrected chi connectivity index (χ3v) is 3.06. The molecule has 2 nitrogen and oxygen atoms in total. The van der Waals surface area contributed by atoms with Gasteiger partial charge < -0.3 is 5.11 Å². The second-order valence-corrected chi connectivity index (χ2v) is 4.28. The number of carboxylic acids is 1. The molecule has 2 heteroatoms. The molecule has 82 valence electrons. The summed E-state index contributed by atoms with van der Waals surface area (Å²) >= 11 is 0. The van der Waals surface area contributed by atoms with E-state index in [1.807, 2.05) is 32.9 Å². The molecule has 1 aromatic rings. The van der Waals surface area contributed by atoms with Crippen LogP contribution < -0.4 is 0 Å². The van der Waals surface area contributed by atoms with Crippen molar-refractivity contribution in [1.82, 2.24) is 0 Å². The van der Waals surface area contributed by atoms with E-state index in [1.165, 1.54) is 11.1 Å². The third-order valence-electron chi connectivity index (χ3n) is 3.06. The van der Waals surface area contributed by atoms with Gasteiger partial charge in [0.1, 0.15) is 0 Å². The molecule has 2 unspecified atom stereocenters. The van der Waals surface area contributed by atoms with Gasteiger partial charge in [-0.05, 0) is 30.9 Å². The van der Waals surface area contributed by atoms with E-state index in [-0.39, 0.29) is 11.8 Å². The number of carbonyl (C=O) groups is 1. The van der Waals surface area contributed by atoms with E-state index in [0.29, 0.717) is 0 Å². The molecule has 1 N–H and O–H groups in total. The van der Waals surface area contributed by atoms with Crippen molar-refractivity contribution in [3.05, 3.63) is 34.9 Å². The van der Waals surface area contributed by atoms with Gasteiger partial charge in [-0.3, -0.25) is 4.79 Å². The smallest absolute Gasteiger partial charge is 0.306 e. The van der Waals surface area contributed by atoms with Crippen LogP contribution >= 0.6 is 0 Å². The molecule has 0 aliphatic carbocycles. The second-order valence-electron chi connectivity index (χ2n) is 4.28. The van der Waals surface area contributed by atoms with Gasteiger partial charge in [-0.15, -0.1) is 0 Å². The van der Waals surface area contributed by atoms with Gasteiger partial charge in [-0.1, -0.05) is 37.6 Å². The molecule has 0 aliphatic heterocycles. The number of hydrogen-bond donors (Lipinski definition) is 1. The Labute approximate surface area is 90.9 Å². The minimum absolute atomic E-state index is 0.0584. The van der Waals surface area contributed by atoms with Crippen LogP contribution in [-0.4, -0.2) is 11.1 Å². The molecule has 1 rings (SSSR count). The Hall–Kier alpha value is -1.31. The van der Waals surface area contributed by atoms with Gasteiger partial charge in [0.05, 0.1) is 5.92 Å². The van der Waals surface area contributed by atoms with Gasteiger partial charge in [-0.25, -0.2) is 0 Å². The summed E-state index contributed by atoms with van der Waals surface area (Å²) in [4.78, 5) is 10.9. The van der Waals surface area contributed by atoms with Gasteiger partial charge in [0, 0.05) is 0 Å². The summed E-state index contributed by atoms with van der Waals surface area (Å²) in [6.07, 6.45) is 0. The van der Waals surface area contributed by atoms with Crippen molar-refractivity contribution < 1.29 is 9.90 Å². The molecule has 0 radical (unpaired) electrons. The summed E-state index contributed by atoms with van der Waals surface area (Å²) in [7, 11) is 0. The topological polar surface area (TPSA) is 37.3 Å². The molecule has 0 bridgehead atoms. The molecule has 0 amide bonds. The lowest BCUT2D eigenvalue weighted by molar-refractivity contribution is -0.141. The van der Waals surface area contributed by atoms with Crippen molar-refractivity contribution in [3.63, 3.8) is 0 Å². The van der Waals surface area contributed by atoms with E-state index in [9.17, 15) is 4.79 Å². The first-order valence-electron chi connectivity index (χ1n) is 5.23. The van der Waals surface area contributed by atoms with Crippen molar-refractivity contribution in [1.29, 1.82) is 0 Å². The maximum Gasteiger partial charge on any atom is 0.306 e. The van der Waals surface area contributed by atoms with Gasteiger partial charge in [-0.2, -0.15) is 0 Å². The van der Waals surface area contributed by atoms with Gasteiger partial charge in [0.25, 0.3) is 0 Å². The van der Waals surface area contributed by atoms with E-state index >= 15 is 0 Å². The lowest BCUT2D eigenvalue weighted by atomic mass is 9.86. The standard InChI is InChI=1S/C13H18O2/c1-8-5-6-12(9(2)7-8)10(3)11(4)13(14)15/h5-7,10-11H,1-4H3,(H,14,15). The number of aliphatic carboxylic acids is 1. The minimum Gasteiger partial charge on any atom is -0.481 e. The normalized spacial score (nSPS) is 14.7.